The van der Waals surface area contributed by atoms with Crippen LogP contribution in [-0.4, -0.2) is 31.1 Å². The first-order valence-corrected chi connectivity index (χ1v) is 8.66. The molecule has 4 heteroatoms. The van der Waals surface area contributed by atoms with Gasteiger partial charge in [-0.3, -0.25) is 4.90 Å². The Kier molecular flexibility index (Phi) is 8.43. The first-order chi connectivity index (χ1) is 11.1. The van der Waals surface area contributed by atoms with E-state index in [1.807, 2.05) is 0 Å². The van der Waals surface area contributed by atoms with E-state index in [1.54, 1.807) is 0 Å². The molecule has 0 saturated carbocycles. The number of nitrogens with zero attached hydrogens (tertiary/aromatic N) is 1. The summed E-state index contributed by atoms with van der Waals surface area (Å²) in [5.74, 6) is 0. The quantitative estimate of drug-likeness (QED) is 0.787. The van der Waals surface area contributed by atoms with E-state index in [4.69, 9.17) is 0 Å². The first kappa shape index (κ1) is 22.0. The Balaban J connectivity index is 0.00000156. The number of nitrogens with one attached hydrogen (secondary N) is 1. The van der Waals surface area contributed by atoms with Crippen LogP contribution in [0.2, 0.25) is 0 Å². The summed E-state index contributed by atoms with van der Waals surface area (Å²) >= 11 is 0. The second kappa shape index (κ2) is 9.59. The van der Waals surface area contributed by atoms with Crippen LogP contribution in [0, 0.1) is 5.41 Å². The molecule has 0 bridgehead atoms. The van der Waals surface area contributed by atoms with Crippen molar-refractivity contribution in [3.8, 4) is 11.1 Å². The highest BCUT2D eigenvalue weighted by atomic mass is 35.5. The molecular weight excluding hydrogens is 351 g/mol. The first-order valence-electron chi connectivity index (χ1n) is 8.66. The van der Waals surface area contributed by atoms with Gasteiger partial charge in [-0.05, 0) is 22.1 Å². The van der Waals surface area contributed by atoms with Crippen molar-refractivity contribution >= 4 is 24.8 Å². The third-order valence-electron chi connectivity index (χ3n) is 4.67. The maximum Gasteiger partial charge on any atom is 0.0397 e. The van der Waals surface area contributed by atoms with Gasteiger partial charge >= 0.3 is 0 Å². The Hall–Kier alpha value is -1.06. The molecule has 1 aliphatic heterocycles. The SMILES string of the molecule is CC(C)(C)[C@@H](c1ccc(-c2ccccc2)cc1)N1CCNCC1.Cl.Cl. The summed E-state index contributed by atoms with van der Waals surface area (Å²) in [4.78, 5) is 2.63. The van der Waals surface area contributed by atoms with Crippen LogP contribution in [0.4, 0.5) is 0 Å². The molecule has 138 valence electrons. The maximum atomic E-state index is 3.46. The van der Waals surface area contributed by atoms with E-state index in [0.717, 1.165) is 26.2 Å². The van der Waals surface area contributed by atoms with E-state index < -0.39 is 0 Å². The summed E-state index contributed by atoms with van der Waals surface area (Å²) in [5, 5.41) is 3.46. The van der Waals surface area contributed by atoms with Crippen molar-refractivity contribution < 1.29 is 0 Å². The Morgan fingerprint density at radius 3 is 1.84 bits per heavy atom. The molecule has 0 aromatic heterocycles. The summed E-state index contributed by atoms with van der Waals surface area (Å²) in [7, 11) is 0. The third kappa shape index (κ3) is 5.46. The lowest BCUT2D eigenvalue weighted by atomic mass is 9.80. The minimum absolute atomic E-state index is 0. The molecule has 1 aliphatic rings. The van der Waals surface area contributed by atoms with E-state index in [-0.39, 0.29) is 30.2 Å². The molecule has 0 aliphatic carbocycles. The second-order valence-electron chi connectivity index (χ2n) is 7.54. The van der Waals surface area contributed by atoms with Gasteiger partial charge in [0.05, 0.1) is 0 Å². The number of hydrogen-bond acceptors (Lipinski definition) is 2. The lowest BCUT2D eigenvalue weighted by Gasteiger charge is -2.42. The fraction of sp³-hybridized carbons (Fsp3) is 0.429. The topological polar surface area (TPSA) is 15.3 Å². The lowest BCUT2D eigenvalue weighted by molar-refractivity contribution is 0.0862. The molecule has 0 unspecified atom stereocenters. The number of hydrogen-bond donors (Lipinski definition) is 1. The minimum Gasteiger partial charge on any atom is -0.314 e. The summed E-state index contributed by atoms with van der Waals surface area (Å²) in [6, 6.07) is 20.3. The Labute approximate surface area is 164 Å². The average molecular weight is 381 g/mol. The van der Waals surface area contributed by atoms with E-state index in [1.165, 1.54) is 16.7 Å². The maximum absolute atomic E-state index is 3.46. The highest BCUT2D eigenvalue weighted by Crippen LogP contribution is 2.38. The highest BCUT2D eigenvalue weighted by Gasteiger charge is 2.32. The number of rotatable bonds is 3. The predicted octanol–water partition coefficient (Wildman–Crippen LogP) is 5.19. The molecule has 25 heavy (non-hydrogen) atoms. The van der Waals surface area contributed by atoms with Crippen molar-refractivity contribution in [2.24, 2.45) is 5.41 Å². The normalized spacial score (nSPS) is 16.4. The van der Waals surface area contributed by atoms with Gasteiger partial charge in [-0.2, -0.15) is 0 Å². The molecule has 2 aromatic rings. The molecule has 1 heterocycles. The van der Waals surface area contributed by atoms with E-state index in [2.05, 4.69) is 85.6 Å². The van der Waals surface area contributed by atoms with Crippen molar-refractivity contribution in [1.82, 2.24) is 10.2 Å². The van der Waals surface area contributed by atoms with Crippen LogP contribution in [0.25, 0.3) is 11.1 Å². The molecule has 1 fully saturated rings. The van der Waals surface area contributed by atoms with E-state index >= 15 is 0 Å². The third-order valence-corrected chi connectivity index (χ3v) is 4.67. The van der Waals surface area contributed by atoms with Gasteiger partial charge in [0.25, 0.3) is 0 Å². The average Bonchev–Trinajstić information content (AvgIpc) is 2.56. The van der Waals surface area contributed by atoms with Gasteiger partial charge in [-0.1, -0.05) is 75.4 Å². The zero-order valence-electron chi connectivity index (χ0n) is 15.4. The fourth-order valence-electron chi connectivity index (χ4n) is 3.69. The minimum atomic E-state index is 0. The van der Waals surface area contributed by atoms with Crippen molar-refractivity contribution in [2.75, 3.05) is 26.2 Å². The van der Waals surface area contributed by atoms with Gasteiger partial charge in [-0.25, -0.2) is 0 Å². The van der Waals surface area contributed by atoms with Crippen LogP contribution >= 0.6 is 24.8 Å². The predicted molar refractivity (Wildman–Crippen MR) is 113 cm³/mol. The summed E-state index contributed by atoms with van der Waals surface area (Å²) in [5.41, 5.74) is 4.24. The smallest absolute Gasteiger partial charge is 0.0397 e. The molecule has 0 radical (unpaired) electrons. The van der Waals surface area contributed by atoms with Crippen molar-refractivity contribution in [2.45, 2.75) is 26.8 Å². The van der Waals surface area contributed by atoms with Crippen LogP contribution < -0.4 is 5.32 Å². The summed E-state index contributed by atoms with van der Waals surface area (Å²) in [6.45, 7) is 11.5. The second-order valence-corrected chi connectivity index (χ2v) is 7.54. The van der Waals surface area contributed by atoms with Gasteiger partial charge in [-0.15, -0.1) is 24.8 Å². The monoisotopic (exact) mass is 380 g/mol. The molecule has 0 amide bonds. The zero-order chi connectivity index (χ0) is 16.3. The molecule has 2 aromatic carbocycles. The van der Waals surface area contributed by atoms with E-state index in [9.17, 15) is 0 Å². The zero-order valence-corrected chi connectivity index (χ0v) is 17.0. The standard InChI is InChI=1S/C21H28N2.2ClH/c1-21(2,3)20(23-15-13-22-14-16-23)19-11-9-18(10-12-19)17-7-5-4-6-8-17;;/h4-12,20,22H,13-16H2,1-3H3;2*1H/t20-;;/m1../s1. The van der Waals surface area contributed by atoms with Gasteiger partial charge in [0.15, 0.2) is 0 Å². The van der Waals surface area contributed by atoms with Gasteiger partial charge < -0.3 is 5.32 Å². The Bertz CT molecular complexity index is 615. The fourth-order valence-corrected chi connectivity index (χ4v) is 3.69. The summed E-state index contributed by atoms with van der Waals surface area (Å²) in [6.07, 6.45) is 0. The van der Waals surface area contributed by atoms with Crippen molar-refractivity contribution in [1.29, 1.82) is 0 Å². The van der Waals surface area contributed by atoms with Crippen LogP contribution in [0.15, 0.2) is 54.6 Å². The van der Waals surface area contributed by atoms with Crippen LogP contribution in [-0.2, 0) is 0 Å². The Morgan fingerprint density at radius 2 is 1.32 bits per heavy atom. The van der Waals surface area contributed by atoms with Crippen molar-refractivity contribution in [3.05, 3.63) is 60.2 Å². The lowest BCUT2D eigenvalue weighted by Crippen LogP contribution is -2.48. The molecule has 1 atom stereocenters. The molecule has 2 nitrogen and oxygen atoms in total. The van der Waals surface area contributed by atoms with Crippen LogP contribution in [0.1, 0.15) is 32.4 Å². The van der Waals surface area contributed by atoms with Gasteiger partial charge in [0.2, 0.25) is 0 Å². The van der Waals surface area contributed by atoms with Crippen LogP contribution in [0.5, 0.6) is 0 Å². The van der Waals surface area contributed by atoms with Crippen molar-refractivity contribution in [3.63, 3.8) is 0 Å². The van der Waals surface area contributed by atoms with Gasteiger partial charge in [0, 0.05) is 32.2 Å². The van der Waals surface area contributed by atoms with Gasteiger partial charge in [0.1, 0.15) is 0 Å². The molecule has 1 saturated heterocycles. The molecule has 0 spiro atoms. The highest BCUT2D eigenvalue weighted by molar-refractivity contribution is 5.85. The molecule has 3 rings (SSSR count). The largest absolute Gasteiger partial charge is 0.314 e. The Morgan fingerprint density at radius 1 is 0.800 bits per heavy atom. The number of benzene rings is 2. The number of halogens is 2. The van der Waals surface area contributed by atoms with Crippen LogP contribution in [0.3, 0.4) is 0 Å². The molecule has 1 N–H and O–H groups in total. The molecular formula is C21H30Cl2N2. The van der Waals surface area contributed by atoms with E-state index in [0.29, 0.717) is 6.04 Å². The summed E-state index contributed by atoms with van der Waals surface area (Å²) < 4.78 is 0. The number of piperazine rings is 1.